The van der Waals surface area contributed by atoms with Crippen LogP contribution in [0.3, 0.4) is 0 Å². The van der Waals surface area contributed by atoms with Gasteiger partial charge in [0.25, 0.3) is 0 Å². The van der Waals surface area contributed by atoms with Gasteiger partial charge < -0.3 is 5.32 Å². The van der Waals surface area contributed by atoms with Crippen molar-refractivity contribution in [1.29, 1.82) is 0 Å². The van der Waals surface area contributed by atoms with Crippen LogP contribution in [0.2, 0.25) is 0 Å². The van der Waals surface area contributed by atoms with E-state index in [1.807, 2.05) is 30.3 Å². The van der Waals surface area contributed by atoms with E-state index in [0.29, 0.717) is 17.6 Å². The average Bonchev–Trinajstić information content (AvgIpc) is 2.55. The van der Waals surface area contributed by atoms with Crippen LogP contribution in [-0.2, 0) is 15.6 Å². The number of sulfone groups is 1. The van der Waals surface area contributed by atoms with Gasteiger partial charge in [0, 0.05) is 23.9 Å². The summed E-state index contributed by atoms with van der Waals surface area (Å²) in [7, 11) is -3.14. The minimum absolute atomic E-state index is 0.0747. The van der Waals surface area contributed by atoms with Gasteiger partial charge in [0.05, 0.1) is 11.4 Å². The van der Waals surface area contributed by atoms with E-state index in [4.69, 9.17) is 0 Å². The predicted molar refractivity (Wildman–Crippen MR) is 96.5 cm³/mol. The summed E-state index contributed by atoms with van der Waals surface area (Å²) in [5, 5.41) is 3.47. The maximum absolute atomic E-state index is 11.7. The summed E-state index contributed by atoms with van der Waals surface area (Å²) >= 11 is 0. The quantitative estimate of drug-likeness (QED) is 0.899. The Morgan fingerprint density at radius 2 is 1.79 bits per heavy atom. The molecule has 0 unspecified atom stereocenters. The number of nitrogens with zero attached hydrogens (tertiary/aromatic N) is 2. The standard InChI is InChI=1S/C18H23N3O2S/c1-24(22,23)13-16-12-17(19-15-10-6-3-7-11-15)21-18(20-16)14-8-4-2-5-9-14/h2,4-5,8-9,12,15H,3,6-7,10-11,13H2,1H3,(H,19,20,21). The molecule has 5 nitrogen and oxygen atoms in total. The summed E-state index contributed by atoms with van der Waals surface area (Å²) in [6, 6.07) is 11.8. The van der Waals surface area contributed by atoms with Crippen LogP contribution < -0.4 is 5.32 Å². The highest BCUT2D eigenvalue weighted by atomic mass is 32.2. The molecule has 1 fully saturated rings. The highest BCUT2D eigenvalue weighted by Crippen LogP contribution is 2.23. The Hall–Kier alpha value is -1.95. The maximum atomic E-state index is 11.7. The van der Waals surface area contributed by atoms with Crippen LogP contribution in [0.5, 0.6) is 0 Å². The molecular formula is C18H23N3O2S. The second kappa shape index (κ2) is 7.30. The van der Waals surface area contributed by atoms with Crippen molar-refractivity contribution in [2.24, 2.45) is 0 Å². The van der Waals surface area contributed by atoms with Crippen LogP contribution in [0.25, 0.3) is 11.4 Å². The maximum Gasteiger partial charge on any atom is 0.161 e. The van der Waals surface area contributed by atoms with E-state index in [-0.39, 0.29) is 5.75 Å². The van der Waals surface area contributed by atoms with E-state index in [2.05, 4.69) is 15.3 Å². The minimum atomic E-state index is -3.14. The molecule has 0 radical (unpaired) electrons. The monoisotopic (exact) mass is 345 g/mol. The molecule has 3 rings (SSSR count). The molecule has 1 heterocycles. The van der Waals surface area contributed by atoms with Crippen molar-refractivity contribution in [2.75, 3.05) is 11.6 Å². The van der Waals surface area contributed by atoms with E-state index >= 15 is 0 Å². The van der Waals surface area contributed by atoms with E-state index in [1.165, 1.54) is 25.5 Å². The van der Waals surface area contributed by atoms with Crippen molar-refractivity contribution < 1.29 is 8.42 Å². The highest BCUT2D eigenvalue weighted by molar-refractivity contribution is 7.89. The number of hydrogen-bond donors (Lipinski definition) is 1. The molecule has 0 aliphatic heterocycles. The molecular weight excluding hydrogens is 322 g/mol. The van der Waals surface area contributed by atoms with Gasteiger partial charge in [0.15, 0.2) is 15.7 Å². The second-order valence-electron chi connectivity index (χ2n) is 6.48. The molecule has 0 amide bonds. The smallest absolute Gasteiger partial charge is 0.161 e. The topological polar surface area (TPSA) is 72.0 Å². The minimum Gasteiger partial charge on any atom is -0.367 e. The lowest BCUT2D eigenvalue weighted by molar-refractivity contribution is 0.462. The van der Waals surface area contributed by atoms with Crippen molar-refractivity contribution in [3.63, 3.8) is 0 Å². The summed E-state index contributed by atoms with van der Waals surface area (Å²) in [6.45, 7) is 0. The van der Waals surface area contributed by atoms with Crippen LogP contribution in [-0.4, -0.2) is 30.7 Å². The fourth-order valence-corrected chi connectivity index (χ4v) is 3.77. The lowest BCUT2D eigenvalue weighted by Gasteiger charge is -2.23. The van der Waals surface area contributed by atoms with Crippen molar-refractivity contribution in [2.45, 2.75) is 43.9 Å². The first-order valence-electron chi connectivity index (χ1n) is 8.37. The van der Waals surface area contributed by atoms with Crippen LogP contribution in [0, 0.1) is 0 Å². The third kappa shape index (κ3) is 4.77. The molecule has 1 N–H and O–H groups in total. The highest BCUT2D eigenvalue weighted by Gasteiger charge is 2.16. The Morgan fingerprint density at radius 1 is 1.08 bits per heavy atom. The average molecular weight is 345 g/mol. The first-order valence-corrected chi connectivity index (χ1v) is 10.4. The zero-order valence-corrected chi connectivity index (χ0v) is 14.7. The molecule has 0 atom stereocenters. The lowest BCUT2D eigenvalue weighted by atomic mass is 9.95. The Labute approximate surface area is 143 Å². The van der Waals surface area contributed by atoms with Crippen molar-refractivity contribution >= 4 is 15.7 Å². The SMILES string of the molecule is CS(=O)(=O)Cc1cc(NC2CCCCC2)nc(-c2ccccc2)n1. The largest absolute Gasteiger partial charge is 0.367 e. The molecule has 0 spiro atoms. The first kappa shape index (κ1) is 16.9. The summed E-state index contributed by atoms with van der Waals surface area (Å²) in [5.41, 5.74) is 1.42. The fourth-order valence-electron chi connectivity index (χ4n) is 3.09. The molecule has 1 aromatic carbocycles. The molecule has 6 heteroatoms. The van der Waals surface area contributed by atoms with Gasteiger partial charge in [-0.2, -0.15) is 0 Å². The molecule has 24 heavy (non-hydrogen) atoms. The van der Waals surface area contributed by atoms with Gasteiger partial charge in [-0.25, -0.2) is 18.4 Å². The summed E-state index contributed by atoms with van der Waals surface area (Å²) in [4.78, 5) is 9.06. The van der Waals surface area contributed by atoms with E-state index in [1.54, 1.807) is 6.07 Å². The Kier molecular flexibility index (Phi) is 5.14. The van der Waals surface area contributed by atoms with Gasteiger partial charge in [-0.3, -0.25) is 0 Å². The number of rotatable bonds is 5. The lowest BCUT2D eigenvalue weighted by Crippen LogP contribution is -2.23. The number of anilines is 1. The third-order valence-electron chi connectivity index (χ3n) is 4.18. The van der Waals surface area contributed by atoms with Crippen LogP contribution in [0.4, 0.5) is 5.82 Å². The van der Waals surface area contributed by atoms with E-state index in [9.17, 15) is 8.42 Å². The number of benzene rings is 1. The molecule has 0 saturated heterocycles. The Balaban J connectivity index is 1.93. The van der Waals surface area contributed by atoms with Gasteiger partial charge >= 0.3 is 0 Å². The fraction of sp³-hybridized carbons (Fsp3) is 0.444. The molecule has 128 valence electrons. The van der Waals surface area contributed by atoms with Gasteiger partial charge in [-0.1, -0.05) is 49.6 Å². The normalized spacial score (nSPS) is 16.0. The summed E-state index contributed by atoms with van der Waals surface area (Å²) in [6.07, 6.45) is 7.23. The Bertz CT molecular complexity index is 785. The zero-order chi connectivity index (χ0) is 17.0. The van der Waals surface area contributed by atoms with Gasteiger partial charge in [0.1, 0.15) is 5.82 Å². The molecule has 1 aliphatic carbocycles. The predicted octanol–water partition coefficient (Wildman–Crippen LogP) is 3.43. The zero-order valence-electron chi connectivity index (χ0n) is 13.9. The van der Waals surface area contributed by atoms with Gasteiger partial charge in [0.2, 0.25) is 0 Å². The molecule has 1 aliphatic rings. The van der Waals surface area contributed by atoms with Crippen LogP contribution in [0.1, 0.15) is 37.8 Å². The second-order valence-corrected chi connectivity index (χ2v) is 8.62. The number of nitrogens with one attached hydrogen (secondary N) is 1. The Morgan fingerprint density at radius 3 is 2.46 bits per heavy atom. The number of hydrogen-bond acceptors (Lipinski definition) is 5. The summed E-state index contributed by atoms with van der Waals surface area (Å²) in [5.74, 6) is 1.21. The third-order valence-corrected chi connectivity index (χ3v) is 5.00. The van der Waals surface area contributed by atoms with E-state index < -0.39 is 9.84 Å². The molecule has 1 saturated carbocycles. The first-order chi connectivity index (χ1) is 11.5. The van der Waals surface area contributed by atoms with Crippen molar-refractivity contribution in [3.05, 3.63) is 42.1 Å². The van der Waals surface area contributed by atoms with Crippen LogP contribution in [0.15, 0.2) is 36.4 Å². The molecule has 1 aromatic heterocycles. The van der Waals surface area contributed by atoms with Gasteiger partial charge in [-0.05, 0) is 12.8 Å². The van der Waals surface area contributed by atoms with Crippen molar-refractivity contribution in [1.82, 2.24) is 9.97 Å². The van der Waals surface area contributed by atoms with Crippen molar-refractivity contribution in [3.8, 4) is 11.4 Å². The molecule has 2 aromatic rings. The van der Waals surface area contributed by atoms with E-state index in [0.717, 1.165) is 24.2 Å². The van der Waals surface area contributed by atoms with Crippen LogP contribution >= 0.6 is 0 Å². The molecule has 0 bridgehead atoms. The van der Waals surface area contributed by atoms with Gasteiger partial charge in [-0.15, -0.1) is 0 Å². The number of aromatic nitrogens is 2. The summed E-state index contributed by atoms with van der Waals surface area (Å²) < 4.78 is 23.3.